The molecule has 0 radical (unpaired) electrons. The SMILES string of the molecule is Cc1nnn(C)c1-c1cnc2c3c(OC(C)C)ncc(S(C)(=O)=O)c3n([C@H](c3ccccc3F)C3CCOCC3)c2c1. The highest BCUT2D eigenvalue weighted by molar-refractivity contribution is 7.91. The van der Waals surface area contributed by atoms with Gasteiger partial charge in [0, 0.05) is 43.8 Å². The van der Waals surface area contributed by atoms with E-state index in [0.717, 1.165) is 23.2 Å². The van der Waals surface area contributed by atoms with E-state index in [2.05, 4.69) is 15.3 Å². The normalized spacial score (nSPS) is 15.6. The van der Waals surface area contributed by atoms with Gasteiger partial charge in [0.05, 0.1) is 46.2 Å². The van der Waals surface area contributed by atoms with Gasteiger partial charge in [0.15, 0.2) is 9.84 Å². The summed E-state index contributed by atoms with van der Waals surface area (Å²) in [6, 6.07) is 8.06. The second-order valence-corrected chi connectivity index (χ2v) is 13.1. The average Bonchev–Trinajstić information content (AvgIpc) is 3.46. The van der Waals surface area contributed by atoms with Crippen LogP contribution in [0.2, 0.25) is 0 Å². The largest absolute Gasteiger partial charge is 0.474 e. The molecule has 12 heteroatoms. The molecule has 6 rings (SSSR count). The van der Waals surface area contributed by atoms with Gasteiger partial charge in [0.1, 0.15) is 16.2 Å². The Bertz CT molecular complexity index is 1890. The van der Waals surface area contributed by atoms with Gasteiger partial charge in [0.2, 0.25) is 5.88 Å². The number of hydrogen-bond acceptors (Lipinski definition) is 8. The molecule has 0 spiro atoms. The van der Waals surface area contributed by atoms with Crippen molar-refractivity contribution in [3.8, 4) is 17.1 Å². The molecule has 220 valence electrons. The van der Waals surface area contributed by atoms with Gasteiger partial charge in [-0.2, -0.15) is 0 Å². The Balaban J connectivity index is 1.81. The van der Waals surface area contributed by atoms with E-state index < -0.39 is 15.9 Å². The number of hydrogen-bond donors (Lipinski definition) is 0. The van der Waals surface area contributed by atoms with Gasteiger partial charge in [-0.1, -0.05) is 23.4 Å². The zero-order valence-electron chi connectivity index (χ0n) is 24.2. The molecule has 1 aliphatic rings. The maximum absolute atomic E-state index is 15.7. The zero-order chi connectivity index (χ0) is 29.8. The van der Waals surface area contributed by atoms with Gasteiger partial charge in [-0.25, -0.2) is 22.5 Å². The van der Waals surface area contributed by atoms with Crippen molar-refractivity contribution in [3.63, 3.8) is 0 Å². The summed E-state index contributed by atoms with van der Waals surface area (Å²) in [5.74, 6) is -0.143. The predicted molar refractivity (Wildman–Crippen MR) is 157 cm³/mol. The summed E-state index contributed by atoms with van der Waals surface area (Å²) in [5, 5.41) is 8.84. The van der Waals surface area contributed by atoms with Gasteiger partial charge in [0.25, 0.3) is 0 Å². The number of nitrogens with zero attached hydrogens (tertiary/aromatic N) is 6. The summed E-state index contributed by atoms with van der Waals surface area (Å²) in [5.41, 5.74) is 4.25. The third-order valence-electron chi connectivity index (χ3n) is 7.82. The molecule has 1 fully saturated rings. The Morgan fingerprint density at radius 3 is 2.50 bits per heavy atom. The van der Waals surface area contributed by atoms with Crippen molar-refractivity contribution in [1.29, 1.82) is 0 Å². The lowest BCUT2D eigenvalue weighted by atomic mass is 9.86. The lowest BCUT2D eigenvalue weighted by molar-refractivity contribution is 0.0548. The minimum Gasteiger partial charge on any atom is -0.474 e. The molecule has 1 saturated heterocycles. The van der Waals surface area contributed by atoms with E-state index in [9.17, 15) is 8.42 Å². The molecule has 0 amide bonds. The molecule has 5 heterocycles. The standard InChI is InChI=1S/C30H33FN6O4S/c1-17(2)41-30-25-26-23(14-20(15-32-26)27-18(3)34-35-36(27)4)37(29(25)24(16-33-30)42(5,38)39)28(19-10-12-40-13-11-19)21-8-6-7-9-22(21)31/h6-9,14-17,19,28H,10-13H2,1-5H3/t28-/m0/s1. The minimum atomic E-state index is -3.78. The average molecular weight is 593 g/mol. The van der Waals surface area contributed by atoms with E-state index in [1.807, 2.05) is 31.4 Å². The molecular formula is C30H33FN6O4S. The third kappa shape index (κ3) is 4.82. The predicted octanol–water partition coefficient (Wildman–Crippen LogP) is 5.03. The molecular weight excluding hydrogens is 559 g/mol. The third-order valence-corrected chi connectivity index (χ3v) is 8.92. The van der Waals surface area contributed by atoms with Crippen molar-refractivity contribution in [3.05, 3.63) is 59.8 Å². The first-order valence-electron chi connectivity index (χ1n) is 13.9. The Labute approximate surface area is 243 Å². The smallest absolute Gasteiger partial charge is 0.225 e. The highest BCUT2D eigenvalue weighted by Crippen LogP contribution is 2.45. The van der Waals surface area contributed by atoms with E-state index in [4.69, 9.17) is 14.5 Å². The molecule has 0 N–H and O–H groups in total. The van der Waals surface area contributed by atoms with Crippen LogP contribution in [0, 0.1) is 18.7 Å². The quantitative estimate of drug-likeness (QED) is 0.258. The van der Waals surface area contributed by atoms with Crippen molar-refractivity contribution in [2.45, 2.75) is 50.7 Å². The van der Waals surface area contributed by atoms with Gasteiger partial charge in [-0.3, -0.25) is 4.98 Å². The van der Waals surface area contributed by atoms with Crippen LogP contribution in [-0.4, -0.2) is 63.5 Å². The summed E-state index contributed by atoms with van der Waals surface area (Å²) in [4.78, 5) is 9.37. The van der Waals surface area contributed by atoms with Crippen molar-refractivity contribution in [2.24, 2.45) is 13.0 Å². The molecule has 10 nitrogen and oxygen atoms in total. The molecule has 42 heavy (non-hydrogen) atoms. The molecule has 0 aliphatic carbocycles. The Morgan fingerprint density at radius 2 is 1.86 bits per heavy atom. The van der Waals surface area contributed by atoms with Crippen LogP contribution in [0.3, 0.4) is 0 Å². The number of ether oxygens (including phenoxy) is 2. The van der Waals surface area contributed by atoms with Crippen LogP contribution in [0.25, 0.3) is 33.2 Å². The molecule has 1 aromatic carbocycles. The highest BCUT2D eigenvalue weighted by Gasteiger charge is 2.35. The lowest BCUT2D eigenvalue weighted by Gasteiger charge is -2.33. The summed E-state index contributed by atoms with van der Waals surface area (Å²) >= 11 is 0. The maximum atomic E-state index is 15.7. The van der Waals surface area contributed by atoms with Gasteiger partial charge < -0.3 is 14.0 Å². The number of aromatic nitrogens is 6. The minimum absolute atomic E-state index is 0.0277. The van der Waals surface area contributed by atoms with E-state index in [1.165, 1.54) is 12.3 Å². The molecule has 0 bridgehead atoms. The monoisotopic (exact) mass is 592 g/mol. The van der Waals surface area contributed by atoms with E-state index in [1.54, 1.807) is 36.1 Å². The molecule has 5 aromatic rings. The number of benzene rings is 1. The summed E-state index contributed by atoms with van der Waals surface area (Å²) in [7, 11) is -1.97. The fourth-order valence-electron chi connectivity index (χ4n) is 6.08. The molecule has 4 aromatic heterocycles. The molecule has 0 saturated carbocycles. The fourth-order valence-corrected chi connectivity index (χ4v) is 6.87. The number of pyridine rings is 2. The van der Waals surface area contributed by atoms with Gasteiger partial charge >= 0.3 is 0 Å². The van der Waals surface area contributed by atoms with Crippen LogP contribution < -0.4 is 4.74 Å². The van der Waals surface area contributed by atoms with Gasteiger partial charge in [-0.15, -0.1) is 5.10 Å². The number of aryl methyl sites for hydroxylation is 2. The van der Waals surface area contributed by atoms with Crippen LogP contribution in [-0.2, 0) is 21.6 Å². The van der Waals surface area contributed by atoms with E-state index >= 15 is 4.39 Å². The van der Waals surface area contributed by atoms with Crippen molar-refractivity contribution in [1.82, 2.24) is 29.5 Å². The summed E-state index contributed by atoms with van der Waals surface area (Å²) < 4.78 is 57.8. The number of rotatable bonds is 7. The van der Waals surface area contributed by atoms with Crippen LogP contribution in [0.15, 0.2) is 47.6 Å². The highest BCUT2D eigenvalue weighted by atomic mass is 32.2. The second kappa shape index (κ2) is 10.7. The molecule has 1 aliphatic heterocycles. The first-order chi connectivity index (χ1) is 20.1. The van der Waals surface area contributed by atoms with Crippen LogP contribution in [0.1, 0.15) is 44.0 Å². The van der Waals surface area contributed by atoms with E-state index in [-0.39, 0.29) is 28.6 Å². The Morgan fingerprint density at radius 1 is 1.12 bits per heavy atom. The van der Waals surface area contributed by atoms with Crippen molar-refractivity contribution < 1.29 is 22.3 Å². The van der Waals surface area contributed by atoms with E-state index in [0.29, 0.717) is 53.6 Å². The summed E-state index contributed by atoms with van der Waals surface area (Å²) in [6.07, 6.45) is 5.33. The first kappa shape index (κ1) is 28.2. The molecule has 1 atom stereocenters. The fraction of sp³-hybridized carbons (Fsp3) is 0.400. The van der Waals surface area contributed by atoms with Crippen molar-refractivity contribution >= 4 is 31.8 Å². The Hall–Kier alpha value is -3.90. The van der Waals surface area contributed by atoms with Crippen LogP contribution in [0.5, 0.6) is 5.88 Å². The molecule has 0 unspecified atom stereocenters. The van der Waals surface area contributed by atoms with Crippen LogP contribution in [0.4, 0.5) is 4.39 Å². The topological polar surface area (TPSA) is 114 Å². The van der Waals surface area contributed by atoms with Crippen molar-refractivity contribution in [2.75, 3.05) is 19.5 Å². The Kier molecular flexibility index (Phi) is 7.22. The zero-order valence-corrected chi connectivity index (χ0v) is 25.0. The number of fused-ring (bicyclic) bond motifs is 3. The maximum Gasteiger partial charge on any atom is 0.225 e. The second-order valence-electron chi connectivity index (χ2n) is 11.1. The first-order valence-corrected chi connectivity index (χ1v) is 15.8. The lowest BCUT2D eigenvalue weighted by Crippen LogP contribution is -2.28. The number of sulfone groups is 1. The summed E-state index contributed by atoms with van der Waals surface area (Å²) in [6.45, 7) is 6.68. The number of halogens is 1. The van der Waals surface area contributed by atoms with Crippen LogP contribution >= 0.6 is 0 Å². The van der Waals surface area contributed by atoms with Gasteiger partial charge in [-0.05, 0) is 51.7 Å².